The number of amides is 18. The van der Waals surface area contributed by atoms with Crippen molar-refractivity contribution in [2.45, 2.75) is 227 Å². The Balaban J connectivity index is 1.10. The van der Waals surface area contributed by atoms with Gasteiger partial charge in [0.05, 0.1) is 37.2 Å². The quantitative estimate of drug-likeness (QED) is 0.0256. The maximum Gasteiger partial charge on any atom is 0.303 e. The van der Waals surface area contributed by atoms with Crippen molar-refractivity contribution >= 4 is 146 Å². The Kier molecular flexibility index (Phi) is 38.3. The number of carbonyl (C=O) groups is 19. The van der Waals surface area contributed by atoms with E-state index in [0.29, 0.717) is 69.5 Å². The van der Waals surface area contributed by atoms with E-state index in [1.807, 2.05) is 6.92 Å². The highest BCUT2D eigenvalue weighted by Gasteiger charge is 2.46. The number of aromatic nitrogens is 4. The molecule has 0 radical (unpaired) electrons. The molecule has 724 valence electrons. The predicted molar refractivity (Wildman–Crippen MR) is 485 cm³/mol. The van der Waals surface area contributed by atoms with E-state index in [4.69, 9.17) is 17.2 Å². The van der Waals surface area contributed by atoms with Crippen LogP contribution in [0.1, 0.15) is 139 Å². The lowest BCUT2D eigenvalue weighted by Gasteiger charge is -2.36. The first kappa shape index (κ1) is 104. The zero-order valence-electron chi connectivity index (χ0n) is 75.4. The van der Waals surface area contributed by atoms with E-state index in [9.17, 15) is 72.9 Å². The first-order chi connectivity index (χ1) is 63.9. The number of likely N-dealkylation sites (N-methyl/N-ethyl adjacent to an activating group) is 3. The van der Waals surface area contributed by atoms with Crippen molar-refractivity contribution in [1.29, 1.82) is 0 Å². The number of H-pyrrole nitrogens is 3. The third-order valence-electron chi connectivity index (χ3n) is 23.9. The van der Waals surface area contributed by atoms with Crippen LogP contribution in [0.5, 0.6) is 5.75 Å². The number of carboxylic acid groups (broad SMARTS) is 1. The largest absolute Gasteiger partial charge is 0.508 e. The van der Waals surface area contributed by atoms with Crippen LogP contribution in [-0.2, 0) is 117 Å². The summed E-state index contributed by atoms with van der Waals surface area (Å²) in [6, 6.07) is -3.12. The molecule has 9 rings (SSSR count). The molecular formula is C89H120N22O22S. The van der Waals surface area contributed by atoms with E-state index >= 15 is 33.6 Å². The minimum atomic E-state index is -1.85. The lowest BCUT2D eigenvalue weighted by Crippen LogP contribution is -2.61. The average Bonchev–Trinajstić information content (AvgIpc) is 1.67. The van der Waals surface area contributed by atoms with Gasteiger partial charge in [0.15, 0.2) is 0 Å². The van der Waals surface area contributed by atoms with Gasteiger partial charge in [0, 0.05) is 119 Å². The van der Waals surface area contributed by atoms with E-state index in [1.165, 1.54) is 64.9 Å². The van der Waals surface area contributed by atoms with Crippen LogP contribution < -0.4 is 70.4 Å². The van der Waals surface area contributed by atoms with Crippen molar-refractivity contribution in [3.8, 4) is 5.75 Å². The summed E-state index contributed by atoms with van der Waals surface area (Å²) in [5.41, 5.74) is 19.7. The molecule has 0 saturated carbocycles. The summed E-state index contributed by atoms with van der Waals surface area (Å²) in [4.78, 5) is 293. The number of carboxylic acids is 1. The van der Waals surface area contributed by atoms with Gasteiger partial charge >= 0.3 is 5.97 Å². The minimum Gasteiger partial charge on any atom is -0.508 e. The van der Waals surface area contributed by atoms with Crippen LogP contribution in [0.3, 0.4) is 0 Å². The highest BCUT2D eigenvalue weighted by Crippen LogP contribution is 2.28. The summed E-state index contributed by atoms with van der Waals surface area (Å²) in [5, 5.41) is 58.0. The Bertz CT molecular complexity index is 5240. The number of para-hydroxylation sites is 2. The number of rotatable bonds is 26. The van der Waals surface area contributed by atoms with Gasteiger partial charge in [-0.05, 0) is 99.2 Å². The third kappa shape index (κ3) is 28.5. The maximum atomic E-state index is 15.8. The van der Waals surface area contributed by atoms with E-state index in [0.717, 1.165) is 24.5 Å². The van der Waals surface area contributed by atoms with Crippen molar-refractivity contribution in [3.63, 3.8) is 0 Å². The van der Waals surface area contributed by atoms with Crippen LogP contribution in [0.15, 0.2) is 97.7 Å². The number of aromatic hydroxyl groups is 1. The number of thioether (sulfide) groups is 1. The molecule has 3 saturated heterocycles. The van der Waals surface area contributed by atoms with Crippen LogP contribution >= 0.6 is 11.8 Å². The predicted octanol–water partition coefficient (Wildman–Crippen LogP) is -3.08. The Morgan fingerprint density at radius 2 is 0.963 bits per heavy atom. The van der Waals surface area contributed by atoms with Gasteiger partial charge in [-0.15, -0.1) is 11.8 Å². The van der Waals surface area contributed by atoms with E-state index in [-0.39, 0.29) is 88.7 Å². The number of aromatic amines is 3. The fraction of sp³-hybridized carbons (Fsp3) is 0.506. The molecular weight excluding hydrogens is 1760 g/mol. The standard InChI is InChI=1S/C89H120N22O22S/c1-7-9-21-67-82(126)100-58(29-30-75(118)119)78(122)106-66(77(121)96-44-73(92)116)45-134-46-74(117)98-62(35-49-25-27-53(113)28-26-49)85(129)107(4)48(3)76(120)103-64(39-71(90)114)87(131)110-32-16-24-69(110)84(128)102-61(38-52-43-93-47-97-52)81(125)105-65(40-72(91)115)88(132)111-33-15-23-68(111)83(127)101-60(36-50-41-94-56-19-13-11-17-54(50)56)80(124)99-59(31-34-112)79(123)104-63(37-51-42-95-57-20-14-12-18-55(51)57)86(130)109(6)70(22-10-8-2)89(133)108(67)5/h11-14,17-20,25-28,41-43,47-48,58-70,94-95,112-113H,7-10,15-16,21-24,29-40,44-46H2,1-6H3,(H2,90,114)(H2,91,115)(H2,92,116)(H,93,97)(H,96,121)(H,98,117)(H,99,124)(H,100,126)(H,101,127)(H,102,128)(H,103,120)(H,104,123)(H,105,125)(H,106,122)(H,118,119)/t48-,58-,59-,60-,61-,62-,63-,64-,65-,66?,67-,68-,69-,70-/m0/s1. The summed E-state index contributed by atoms with van der Waals surface area (Å²) >= 11 is 0.701. The molecule has 6 aromatic rings. The number of primary amides is 3. The molecule has 134 heavy (non-hydrogen) atoms. The number of nitrogens with one attached hydrogen (secondary N) is 13. The van der Waals surface area contributed by atoms with Crippen molar-refractivity contribution in [2.24, 2.45) is 17.2 Å². The first-order valence-corrected chi connectivity index (χ1v) is 45.6. The molecule has 3 fully saturated rings. The Morgan fingerprint density at radius 1 is 0.493 bits per heavy atom. The van der Waals surface area contributed by atoms with Gasteiger partial charge in [-0.1, -0.05) is 88.1 Å². The average molecular weight is 1880 g/mol. The number of unbranched alkanes of at least 4 members (excludes halogenated alkanes) is 2. The molecule has 14 atom stereocenters. The third-order valence-corrected chi connectivity index (χ3v) is 24.9. The van der Waals surface area contributed by atoms with E-state index in [1.54, 1.807) is 67.8 Å². The van der Waals surface area contributed by atoms with Crippen molar-refractivity contribution < 1.29 is 106 Å². The number of imidazole rings is 1. The molecule has 3 aliphatic rings. The van der Waals surface area contributed by atoms with Crippen LogP contribution in [0.4, 0.5) is 0 Å². The molecule has 45 heteroatoms. The maximum absolute atomic E-state index is 15.8. The monoisotopic (exact) mass is 1880 g/mol. The Labute approximate surface area is 775 Å². The van der Waals surface area contributed by atoms with Gasteiger partial charge in [-0.2, -0.15) is 0 Å². The molecule has 3 aromatic carbocycles. The topological polar surface area (TPSA) is 660 Å². The summed E-state index contributed by atoms with van der Waals surface area (Å²) in [6.45, 7) is 3.02. The van der Waals surface area contributed by atoms with Crippen LogP contribution in [-0.4, -0.2) is 316 Å². The van der Waals surface area contributed by atoms with Gasteiger partial charge < -0.3 is 125 Å². The lowest BCUT2D eigenvalue weighted by atomic mass is 9.99. The molecule has 0 spiro atoms. The number of carbonyl (C=O) groups excluding carboxylic acids is 18. The zero-order valence-corrected chi connectivity index (χ0v) is 76.2. The summed E-state index contributed by atoms with van der Waals surface area (Å²) in [7, 11) is 3.80. The number of benzene rings is 3. The number of aliphatic hydroxyl groups is 1. The molecule has 0 bridgehead atoms. The molecule has 1 unspecified atom stereocenters. The molecule has 6 heterocycles. The van der Waals surface area contributed by atoms with Gasteiger partial charge in [0.25, 0.3) is 0 Å². The Morgan fingerprint density at radius 3 is 1.49 bits per heavy atom. The van der Waals surface area contributed by atoms with Gasteiger partial charge in [-0.25, -0.2) is 4.98 Å². The highest BCUT2D eigenvalue weighted by atomic mass is 32.2. The van der Waals surface area contributed by atoms with Crippen LogP contribution in [0.2, 0.25) is 0 Å². The van der Waals surface area contributed by atoms with E-state index < -0.39 is 260 Å². The van der Waals surface area contributed by atoms with Gasteiger partial charge in [-0.3, -0.25) is 91.1 Å². The smallest absolute Gasteiger partial charge is 0.303 e. The second-order valence-corrected chi connectivity index (χ2v) is 34.6. The Hall–Kier alpha value is -14.0. The molecule has 44 nitrogen and oxygen atoms in total. The molecule has 3 aliphatic heterocycles. The van der Waals surface area contributed by atoms with Crippen molar-refractivity contribution in [2.75, 3.05) is 58.9 Å². The molecule has 3 aromatic heterocycles. The summed E-state index contributed by atoms with van der Waals surface area (Å²) in [6.07, 6.45) is 2.53. The number of aliphatic hydroxyl groups excluding tert-OH is 1. The SMILES string of the molecule is CCCC[C@H]1C(=O)N(C)[C@@H](CCCC)C(=O)N[C@@H](CCC(=O)O)C(=O)NC(C(=O)NCC(N)=O)CSCC(=O)N[C@@H](Cc2ccc(O)cc2)C(=O)N(C)[C@@H](C)C(=O)N[C@@H](CC(N)=O)C(=O)N2CCC[C@H]2C(=O)N[C@@H](Cc2c[nH]cn2)C(=O)N[C@@H](CC(N)=O)C(=O)N2CCC[C@H]2C(=O)N[C@@H](Cc2c[nH]c3ccccc23)C(=O)N[C@@H](CCO)C(=O)N[C@@H](Cc2c[nH]c3ccccc23)C(=O)N1C. The van der Waals surface area contributed by atoms with Crippen LogP contribution in [0.25, 0.3) is 21.8 Å². The lowest BCUT2D eigenvalue weighted by molar-refractivity contribution is -0.149. The van der Waals surface area contributed by atoms with Crippen LogP contribution in [0, 0.1) is 0 Å². The number of nitrogens with zero attached hydrogens (tertiary/aromatic N) is 6. The normalized spacial score (nSPS) is 24.2. The molecule has 22 N–H and O–H groups in total. The van der Waals surface area contributed by atoms with Gasteiger partial charge in [0.2, 0.25) is 106 Å². The second-order valence-electron chi connectivity index (χ2n) is 33.6. The summed E-state index contributed by atoms with van der Waals surface area (Å²) < 4.78 is 0. The number of aliphatic carboxylic acids is 1. The van der Waals surface area contributed by atoms with Crippen molar-refractivity contribution in [1.82, 2.24) is 97.6 Å². The molecule has 0 aliphatic carbocycles. The number of hydrogen-bond donors (Lipinski definition) is 19. The highest BCUT2D eigenvalue weighted by molar-refractivity contribution is 8.00. The fourth-order valence-electron chi connectivity index (χ4n) is 16.4. The number of phenols is 1. The minimum absolute atomic E-state index is 0.0412. The van der Waals surface area contributed by atoms with E-state index in [2.05, 4.69) is 73.1 Å². The number of hydrogen-bond acceptors (Lipinski definition) is 23. The summed E-state index contributed by atoms with van der Waals surface area (Å²) in [5.74, 6) is -20.7. The first-order valence-electron chi connectivity index (χ1n) is 44.4. The second kappa shape index (κ2) is 49.5. The van der Waals surface area contributed by atoms with Crippen molar-refractivity contribution in [3.05, 3.63) is 120 Å². The number of phenolic OH excluding ortho intramolecular Hbond substituents is 1. The number of fused-ring (bicyclic) bond motifs is 4. The zero-order chi connectivity index (χ0) is 97.7. The fourth-order valence-corrected chi connectivity index (χ4v) is 17.3. The van der Waals surface area contributed by atoms with Gasteiger partial charge in [0.1, 0.15) is 90.3 Å². The number of nitrogens with two attached hydrogens (primary N) is 3. The molecule has 18 amide bonds.